The van der Waals surface area contributed by atoms with Crippen molar-refractivity contribution in [1.29, 1.82) is 0 Å². The smallest absolute Gasteiger partial charge is 0.132 e. The van der Waals surface area contributed by atoms with Gasteiger partial charge in [0.2, 0.25) is 0 Å². The molecule has 0 aliphatic carbocycles. The van der Waals surface area contributed by atoms with Crippen LogP contribution < -0.4 is 14.2 Å². The summed E-state index contributed by atoms with van der Waals surface area (Å²) in [6.07, 6.45) is 5.98. The summed E-state index contributed by atoms with van der Waals surface area (Å²) < 4.78 is 16.0. The highest BCUT2D eigenvalue weighted by Gasteiger charge is 2.20. The van der Waals surface area contributed by atoms with E-state index < -0.39 is 6.10 Å². The quantitative estimate of drug-likeness (QED) is 0.660. The topological polar surface area (TPSA) is 47.9 Å². The fourth-order valence-electron chi connectivity index (χ4n) is 2.45. The van der Waals surface area contributed by atoms with Crippen LogP contribution in [0.4, 0.5) is 0 Å². The van der Waals surface area contributed by atoms with E-state index >= 15 is 0 Å². The summed E-state index contributed by atoms with van der Waals surface area (Å²) in [6.45, 7) is 2.20. The lowest BCUT2D eigenvalue weighted by Gasteiger charge is -2.19. The van der Waals surface area contributed by atoms with E-state index in [0.717, 1.165) is 12.8 Å². The van der Waals surface area contributed by atoms with Crippen LogP contribution >= 0.6 is 0 Å². The number of benzene rings is 1. The van der Waals surface area contributed by atoms with Crippen molar-refractivity contribution in [2.45, 2.75) is 51.6 Å². The Morgan fingerprint density at radius 3 is 1.95 bits per heavy atom. The van der Waals surface area contributed by atoms with E-state index in [4.69, 9.17) is 14.2 Å². The molecule has 1 rings (SSSR count). The van der Waals surface area contributed by atoms with Gasteiger partial charge >= 0.3 is 0 Å². The van der Waals surface area contributed by atoms with Crippen molar-refractivity contribution in [1.82, 2.24) is 0 Å². The molecule has 0 spiro atoms. The number of hydrogen-bond donors (Lipinski definition) is 1. The molecule has 1 aromatic carbocycles. The van der Waals surface area contributed by atoms with Crippen molar-refractivity contribution in [2.75, 3.05) is 21.3 Å². The van der Waals surface area contributed by atoms with Crippen molar-refractivity contribution < 1.29 is 19.3 Å². The summed E-state index contributed by atoms with van der Waals surface area (Å²) in [4.78, 5) is 0. The minimum Gasteiger partial charge on any atom is -0.496 e. The van der Waals surface area contributed by atoms with Crippen molar-refractivity contribution in [3.63, 3.8) is 0 Å². The summed E-state index contributed by atoms with van der Waals surface area (Å²) in [5.74, 6) is 1.86. The maximum absolute atomic E-state index is 10.5. The maximum atomic E-state index is 10.5. The molecule has 4 nitrogen and oxygen atoms in total. The molecule has 120 valence electrons. The lowest BCUT2D eigenvalue weighted by atomic mass is 10.00. The Morgan fingerprint density at radius 1 is 0.905 bits per heavy atom. The number of unbranched alkanes of at least 4 members (excludes halogenated alkanes) is 4. The van der Waals surface area contributed by atoms with Gasteiger partial charge in [-0.15, -0.1) is 0 Å². The lowest BCUT2D eigenvalue weighted by molar-refractivity contribution is 0.155. The summed E-state index contributed by atoms with van der Waals surface area (Å²) in [5.41, 5.74) is 0.705. The normalized spacial score (nSPS) is 12.0. The first kappa shape index (κ1) is 17.6. The van der Waals surface area contributed by atoms with Gasteiger partial charge in [0.1, 0.15) is 17.2 Å². The summed E-state index contributed by atoms with van der Waals surface area (Å²) in [6, 6.07) is 3.55. The maximum Gasteiger partial charge on any atom is 0.132 e. The number of ether oxygens (including phenoxy) is 3. The Hall–Kier alpha value is -1.42. The molecule has 0 saturated carbocycles. The molecule has 1 unspecified atom stereocenters. The molecule has 0 fully saturated rings. The van der Waals surface area contributed by atoms with Crippen LogP contribution in [-0.2, 0) is 0 Å². The average molecular weight is 296 g/mol. The average Bonchev–Trinajstić information content (AvgIpc) is 2.52. The van der Waals surface area contributed by atoms with Gasteiger partial charge in [-0.1, -0.05) is 39.0 Å². The first-order valence-corrected chi connectivity index (χ1v) is 7.65. The predicted molar refractivity (Wildman–Crippen MR) is 84.4 cm³/mol. The fourth-order valence-corrected chi connectivity index (χ4v) is 2.45. The van der Waals surface area contributed by atoms with Crippen LogP contribution in [0.2, 0.25) is 0 Å². The van der Waals surface area contributed by atoms with Crippen LogP contribution in [0.1, 0.15) is 57.1 Å². The van der Waals surface area contributed by atoms with Crippen LogP contribution in [0.25, 0.3) is 0 Å². The minimum atomic E-state index is -0.581. The molecular weight excluding hydrogens is 268 g/mol. The third-order valence-electron chi connectivity index (χ3n) is 3.67. The SMILES string of the molecule is CCCCCCCC(O)c1c(OC)cc(OC)cc1OC. The van der Waals surface area contributed by atoms with Gasteiger partial charge in [-0.3, -0.25) is 0 Å². The fraction of sp³-hybridized carbons (Fsp3) is 0.647. The van der Waals surface area contributed by atoms with Crippen molar-refractivity contribution in [3.8, 4) is 17.2 Å². The molecule has 0 amide bonds. The van der Waals surface area contributed by atoms with E-state index in [0.29, 0.717) is 29.2 Å². The Kier molecular flexibility index (Phi) is 7.98. The van der Waals surface area contributed by atoms with Crippen LogP contribution in [0.15, 0.2) is 12.1 Å². The van der Waals surface area contributed by atoms with Gasteiger partial charge < -0.3 is 19.3 Å². The zero-order chi connectivity index (χ0) is 15.7. The second-order valence-corrected chi connectivity index (χ2v) is 5.16. The van der Waals surface area contributed by atoms with Crippen molar-refractivity contribution in [3.05, 3.63) is 17.7 Å². The number of rotatable bonds is 10. The van der Waals surface area contributed by atoms with Gasteiger partial charge in [0, 0.05) is 12.1 Å². The lowest BCUT2D eigenvalue weighted by Crippen LogP contribution is -2.04. The summed E-state index contributed by atoms with van der Waals surface area (Å²) in [5, 5.41) is 10.5. The van der Waals surface area contributed by atoms with Crippen LogP contribution in [0.3, 0.4) is 0 Å². The molecule has 4 heteroatoms. The molecule has 0 bridgehead atoms. The van der Waals surface area contributed by atoms with E-state index in [1.54, 1.807) is 33.5 Å². The highest BCUT2D eigenvalue weighted by molar-refractivity contribution is 5.51. The molecule has 0 saturated heterocycles. The Morgan fingerprint density at radius 2 is 1.48 bits per heavy atom. The Bertz CT molecular complexity index is 392. The second kappa shape index (κ2) is 9.50. The van der Waals surface area contributed by atoms with Crippen LogP contribution in [0, 0.1) is 0 Å². The highest BCUT2D eigenvalue weighted by atomic mass is 16.5. The Labute approximate surface area is 128 Å². The summed E-state index contributed by atoms with van der Waals surface area (Å²) in [7, 11) is 4.77. The molecule has 0 heterocycles. The Balaban J connectivity index is 2.79. The molecule has 0 aliphatic heterocycles. The second-order valence-electron chi connectivity index (χ2n) is 5.16. The monoisotopic (exact) mass is 296 g/mol. The molecule has 1 aromatic rings. The van der Waals surface area contributed by atoms with Gasteiger partial charge in [0.05, 0.1) is 33.0 Å². The minimum absolute atomic E-state index is 0.581. The number of methoxy groups -OCH3 is 3. The molecule has 21 heavy (non-hydrogen) atoms. The molecule has 1 N–H and O–H groups in total. The van der Waals surface area contributed by atoms with E-state index in [9.17, 15) is 5.11 Å². The third-order valence-corrected chi connectivity index (χ3v) is 3.67. The molecule has 0 radical (unpaired) electrons. The standard InChI is InChI=1S/C17H28O4/c1-5-6-7-8-9-10-14(18)17-15(20-3)11-13(19-2)12-16(17)21-4/h11-12,14,18H,5-10H2,1-4H3. The largest absolute Gasteiger partial charge is 0.496 e. The summed E-state index contributed by atoms with van der Waals surface area (Å²) >= 11 is 0. The first-order valence-electron chi connectivity index (χ1n) is 7.65. The van der Waals surface area contributed by atoms with Gasteiger partial charge in [0.15, 0.2) is 0 Å². The van der Waals surface area contributed by atoms with E-state index in [2.05, 4.69) is 6.92 Å². The zero-order valence-corrected chi connectivity index (χ0v) is 13.6. The molecule has 0 aromatic heterocycles. The molecule has 0 aliphatic rings. The van der Waals surface area contributed by atoms with Gasteiger partial charge in [0.25, 0.3) is 0 Å². The number of hydrogen-bond acceptors (Lipinski definition) is 4. The van der Waals surface area contributed by atoms with Crippen LogP contribution in [0.5, 0.6) is 17.2 Å². The highest BCUT2D eigenvalue weighted by Crippen LogP contribution is 2.39. The molecular formula is C17H28O4. The number of aliphatic hydroxyl groups is 1. The molecule has 1 atom stereocenters. The van der Waals surface area contributed by atoms with Gasteiger partial charge in [-0.2, -0.15) is 0 Å². The third kappa shape index (κ3) is 5.12. The predicted octanol–water partition coefficient (Wildman–Crippen LogP) is 4.11. The first-order chi connectivity index (χ1) is 10.2. The van der Waals surface area contributed by atoms with E-state index in [1.165, 1.54) is 19.3 Å². The number of aliphatic hydroxyl groups excluding tert-OH is 1. The zero-order valence-electron chi connectivity index (χ0n) is 13.6. The van der Waals surface area contributed by atoms with Crippen LogP contribution in [-0.4, -0.2) is 26.4 Å². The van der Waals surface area contributed by atoms with E-state index in [-0.39, 0.29) is 0 Å². The van der Waals surface area contributed by atoms with Crippen molar-refractivity contribution >= 4 is 0 Å². The van der Waals surface area contributed by atoms with Crippen molar-refractivity contribution in [2.24, 2.45) is 0 Å². The van der Waals surface area contributed by atoms with E-state index in [1.807, 2.05) is 0 Å². The van der Waals surface area contributed by atoms with Gasteiger partial charge in [-0.05, 0) is 6.42 Å². The van der Waals surface area contributed by atoms with Gasteiger partial charge in [-0.25, -0.2) is 0 Å².